The lowest BCUT2D eigenvalue weighted by Crippen LogP contribution is -2.13. The lowest BCUT2D eigenvalue weighted by molar-refractivity contribution is 0.489. The molecule has 2 heterocycles. The number of tetrazole rings is 1. The summed E-state index contributed by atoms with van der Waals surface area (Å²) in [5, 5.41) is 12.2. The molecule has 19 heavy (non-hydrogen) atoms. The van der Waals surface area contributed by atoms with Gasteiger partial charge < -0.3 is 0 Å². The second kappa shape index (κ2) is 4.57. The van der Waals surface area contributed by atoms with Crippen LogP contribution in [-0.2, 0) is 9.84 Å². The second-order valence-electron chi connectivity index (χ2n) is 4.51. The summed E-state index contributed by atoms with van der Waals surface area (Å²) in [6.07, 6.45) is 0.550. The minimum atomic E-state index is -2.96. The number of sulfone groups is 1. The van der Waals surface area contributed by atoms with Gasteiger partial charge in [0.2, 0.25) is 0 Å². The van der Waals surface area contributed by atoms with Crippen molar-refractivity contribution in [3.05, 3.63) is 29.3 Å². The van der Waals surface area contributed by atoms with E-state index in [1.54, 1.807) is 16.8 Å². The molecule has 0 amide bonds. The third kappa shape index (κ3) is 2.48. The smallest absolute Gasteiger partial charge is 0.182 e. The van der Waals surface area contributed by atoms with E-state index >= 15 is 0 Å². The van der Waals surface area contributed by atoms with Crippen molar-refractivity contribution in [3.8, 4) is 11.4 Å². The molecule has 3 rings (SSSR count). The van der Waals surface area contributed by atoms with Crippen LogP contribution in [0.5, 0.6) is 0 Å². The maximum absolute atomic E-state index is 11.5. The van der Waals surface area contributed by atoms with Crippen LogP contribution in [0.2, 0.25) is 5.02 Å². The van der Waals surface area contributed by atoms with Gasteiger partial charge in [-0.3, -0.25) is 0 Å². The topological polar surface area (TPSA) is 77.7 Å². The monoisotopic (exact) mass is 298 g/mol. The minimum Gasteiger partial charge on any atom is -0.229 e. The first kappa shape index (κ1) is 12.6. The minimum absolute atomic E-state index is 0.0959. The van der Waals surface area contributed by atoms with Crippen LogP contribution < -0.4 is 0 Å². The highest BCUT2D eigenvalue weighted by atomic mass is 35.5. The molecule has 1 aromatic heterocycles. The standard InChI is InChI=1S/C11H11ClN4O2S/c12-9-3-1-8(2-4-9)11-13-14-15-16(11)10-5-6-19(17,18)7-10/h1-4,10H,5-7H2. The van der Waals surface area contributed by atoms with E-state index in [0.29, 0.717) is 17.3 Å². The van der Waals surface area contributed by atoms with Crippen LogP contribution in [0.25, 0.3) is 11.4 Å². The van der Waals surface area contributed by atoms with Gasteiger partial charge in [-0.1, -0.05) is 11.6 Å². The molecule has 1 aliphatic rings. The van der Waals surface area contributed by atoms with Crippen molar-refractivity contribution in [2.45, 2.75) is 12.5 Å². The third-order valence-corrected chi connectivity index (χ3v) is 5.15. The first-order chi connectivity index (χ1) is 9.05. The van der Waals surface area contributed by atoms with E-state index in [1.165, 1.54) is 0 Å². The van der Waals surface area contributed by atoms with Gasteiger partial charge in [0.25, 0.3) is 0 Å². The van der Waals surface area contributed by atoms with Crippen LogP contribution in [0.1, 0.15) is 12.5 Å². The van der Waals surface area contributed by atoms with E-state index in [0.717, 1.165) is 5.56 Å². The molecule has 0 spiro atoms. The molecule has 1 unspecified atom stereocenters. The van der Waals surface area contributed by atoms with Gasteiger partial charge in [-0.15, -0.1) is 5.10 Å². The largest absolute Gasteiger partial charge is 0.229 e. The molecule has 1 aromatic carbocycles. The van der Waals surface area contributed by atoms with Crippen molar-refractivity contribution in [1.82, 2.24) is 20.2 Å². The van der Waals surface area contributed by atoms with Crippen molar-refractivity contribution in [1.29, 1.82) is 0 Å². The van der Waals surface area contributed by atoms with E-state index in [1.807, 2.05) is 12.1 Å². The van der Waals surface area contributed by atoms with Crippen LogP contribution in [0, 0.1) is 0 Å². The molecule has 100 valence electrons. The number of benzene rings is 1. The van der Waals surface area contributed by atoms with E-state index in [9.17, 15) is 8.42 Å². The fraction of sp³-hybridized carbons (Fsp3) is 0.364. The van der Waals surface area contributed by atoms with Crippen LogP contribution in [0.4, 0.5) is 0 Å². The summed E-state index contributed by atoms with van der Waals surface area (Å²) in [6, 6.07) is 6.94. The van der Waals surface area contributed by atoms with Crippen LogP contribution in [0.15, 0.2) is 24.3 Å². The van der Waals surface area contributed by atoms with Crippen molar-refractivity contribution in [2.24, 2.45) is 0 Å². The second-order valence-corrected chi connectivity index (χ2v) is 7.18. The maximum Gasteiger partial charge on any atom is 0.182 e. The van der Waals surface area contributed by atoms with E-state index in [-0.39, 0.29) is 17.5 Å². The lowest BCUT2D eigenvalue weighted by atomic mass is 10.2. The molecule has 1 aliphatic heterocycles. The van der Waals surface area contributed by atoms with Crippen LogP contribution >= 0.6 is 11.6 Å². The van der Waals surface area contributed by atoms with Crippen molar-refractivity contribution >= 4 is 21.4 Å². The Balaban J connectivity index is 1.97. The van der Waals surface area contributed by atoms with Crippen molar-refractivity contribution in [2.75, 3.05) is 11.5 Å². The number of hydrogen-bond acceptors (Lipinski definition) is 5. The van der Waals surface area contributed by atoms with Crippen LogP contribution in [-0.4, -0.2) is 40.1 Å². The fourth-order valence-electron chi connectivity index (χ4n) is 2.20. The lowest BCUT2D eigenvalue weighted by Gasteiger charge is -2.10. The molecule has 0 saturated carbocycles. The van der Waals surface area contributed by atoms with Gasteiger partial charge in [-0.25, -0.2) is 13.1 Å². The highest BCUT2D eigenvalue weighted by Gasteiger charge is 2.31. The Bertz CT molecular complexity index is 696. The predicted molar refractivity (Wildman–Crippen MR) is 70.6 cm³/mol. The SMILES string of the molecule is O=S1(=O)CCC(n2nnnc2-c2ccc(Cl)cc2)C1. The Labute approximate surface area is 115 Å². The average molecular weight is 299 g/mol. The van der Waals surface area contributed by atoms with Gasteiger partial charge in [0.1, 0.15) is 0 Å². The normalized spacial score (nSPS) is 21.6. The molecule has 0 aliphatic carbocycles. The highest BCUT2D eigenvalue weighted by molar-refractivity contribution is 7.91. The Morgan fingerprint density at radius 2 is 2.00 bits per heavy atom. The summed E-state index contributed by atoms with van der Waals surface area (Å²) in [5.41, 5.74) is 0.818. The zero-order valence-corrected chi connectivity index (χ0v) is 11.5. The first-order valence-corrected chi connectivity index (χ1v) is 7.99. The van der Waals surface area contributed by atoms with Gasteiger partial charge in [0.15, 0.2) is 15.7 Å². The molecule has 1 atom stereocenters. The average Bonchev–Trinajstić information content (AvgIpc) is 2.96. The predicted octanol–water partition coefficient (Wildman–Crippen LogP) is 1.35. The summed E-state index contributed by atoms with van der Waals surface area (Å²) in [7, 11) is -2.96. The molecule has 0 N–H and O–H groups in total. The molecular formula is C11H11ClN4O2S. The summed E-state index contributed by atoms with van der Waals surface area (Å²) >= 11 is 5.84. The molecule has 2 aromatic rings. The molecular weight excluding hydrogens is 288 g/mol. The van der Waals surface area contributed by atoms with E-state index in [4.69, 9.17) is 11.6 Å². The van der Waals surface area contributed by atoms with Crippen LogP contribution in [0.3, 0.4) is 0 Å². The number of hydrogen-bond donors (Lipinski definition) is 0. The molecule has 1 saturated heterocycles. The molecule has 1 fully saturated rings. The summed E-state index contributed by atoms with van der Waals surface area (Å²) in [6.45, 7) is 0. The van der Waals surface area contributed by atoms with Gasteiger partial charge in [0.05, 0.1) is 17.5 Å². The van der Waals surface area contributed by atoms with Crippen molar-refractivity contribution in [3.63, 3.8) is 0 Å². The fourth-order valence-corrected chi connectivity index (χ4v) is 4.01. The molecule has 0 radical (unpaired) electrons. The zero-order chi connectivity index (χ0) is 13.5. The number of halogens is 1. The van der Waals surface area contributed by atoms with Gasteiger partial charge in [-0.05, 0) is 41.1 Å². The number of nitrogens with zero attached hydrogens (tertiary/aromatic N) is 4. The Morgan fingerprint density at radius 1 is 1.26 bits per heavy atom. The van der Waals surface area contributed by atoms with Gasteiger partial charge in [-0.2, -0.15) is 0 Å². The van der Waals surface area contributed by atoms with E-state index < -0.39 is 9.84 Å². The molecule has 8 heteroatoms. The van der Waals surface area contributed by atoms with Crippen molar-refractivity contribution < 1.29 is 8.42 Å². The van der Waals surface area contributed by atoms with Gasteiger partial charge >= 0.3 is 0 Å². The molecule has 0 bridgehead atoms. The number of rotatable bonds is 2. The highest BCUT2D eigenvalue weighted by Crippen LogP contribution is 2.27. The third-order valence-electron chi connectivity index (χ3n) is 3.15. The summed E-state index contributed by atoms with van der Waals surface area (Å²) in [4.78, 5) is 0. The Hall–Kier alpha value is -1.47. The summed E-state index contributed by atoms with van der Waals surface area (Å²) in [5.74, 6) is 0.856. The zero-order valence-electron chi connectivity index (χ0n) is 9.90. The summed E-state index contributed by atoms with van der Waals surface area (Å²) < 4.78 is 24.6. The molecule has 6 nitrogen and oxygen atoms in total. The Morgan fingerprint density at radius 3 is 2.63 bits per heavy atom. The maximum atomic E-state index is 11.5. The number of aromatic nitrogens is 4. The van der Waals surface area contributed by atoms with E-state index in [2.05, 4.69) is 15.5 Å². The van der Waals surface area contributed by atoms with Gasteiger partial charge in [0, 0.05) is 10.6 Å². The Kier molecular flexibility index (Phi) is 3.02. The quantitative estimate of drug-likeness (QED) is 0.836. The first-order valence-electron chi connectivity index (χ1n) is 5.79.